The van der Waals surface area contributed by atoms with E-state index in [0.29, 0.717) is 30.9 Å². The predicted octanol–water partition coefficient (Wildman–Crippen LogP) is 1.96. The van der Waals surface area contributed by atoms with Gasteiger partial charge in [0.25, 0.3) is 5.97 Å². The lowest BCUT2D eigenvalue weighted by molar-refractivity contribution is -0.134. The van der Waals surface area contributed by atoms with E-state index in [1.54, 1.807) is 0 Å². The molecule has 4 rings (SSSR count). The van der Waals surface area contributed by atoms with Crippen molar-refractivity contribution in [3.8, 4) is 0 Å². The van der Waals surface area contributed by atoms with Gasteiger partial charge in [0.2, 0.25) is 0 Å². The number of likely N-dealkylation sites (tertiary alicyclic amines) is 1. The van der Waals surface area contributed by atoms with Crippen molar-refractivity contribution >= 4 is 29.2 Å². The number of carboxylic acids is 1. The lowest BCUT2D eigenvalue weighted by atomic mass is 9.95. The van der Waals surface area contributed by atoms with Crippen molar-refractivity contribution in [2.45, 2.75) is 63.8 Å². The SMILES string of the molecule is CC(=O)O.CC(O)[C@H]1CN(C2CCN(C3=NN=C(N)C3)CC2)[C@@H](Cc2ccc(Cl)cc2)CO1. The highest BCUT2D eigenvalue weighted by atomic mass is 35.5. The van der Waals surface area contributed by atoms with Gasteiger partial charge in [-0.15, -0.1) is 10.2 Å². The van der Waals surface area contributed by atoms with Crippen molar-refractivity contribution < 1.29 is 19.7 Å². The Bertz CT molecular complexity index is 849. The number of piperidine rings is 1. The Kier molecular flexibility index (Phi) is 9.08. The number of hydrogen-bond acceptors (Lipinski definition) is 8. The van der Waals surface area contributed by atoms with E-state index < -0.39 is 12.1 Å². The van der Waals surface area contributed by atoms with Crippen LogP contribution in [0.5, 0.6) is 0 Å². The van der Waals surface area contributed by atoms with Crippen molar-refractivity contribution in [1.29, 1.82) is 0 Å². The first kappa shape index (κ1) is 25.4. The zero-order chi connectivity index (χ0) is 24.0. The molecule has 0 bridgehead atoms. The van der Waals surface area contributed by atoms with Crippen LogP contribution in [0.1, 0.15) is 38.7 Å². The summed E-state index contributed by atoms with van der Waals surface area (Å²) in [6.45, 7) is 6.20. The highest BCUT2D eigenvalue weighted by Crippen LogP contribution is 2.27. The van der Waals surface area contributed by atoms with Crippen molar-refractivity contribution in [3.05, 3.63) is 34.9 Å². The minimum absolute atomic E-state index is 0.137. The van der Waals surface area contributed by atoms with Gasteiger partial charge in [-0.05, 0) is 43.9 Å². The molecule has 0 spiro atoms. The molecular formula is C23H34ClN5O4. The molecular weight excluding hydrogens is 446 g/mol. The second-order valence-corrected chi connectivity index (χ2v) is 9.25. The van der Waals surface area contributed by atoms with Gasteiger partial charge in [-0.1, -0.05) is 23.7 Å². The van der Waals surface area contributed by atoms with E-state index in [9.17, 15) is 5.11 Å². The summed E-state index contributed by atoms with van der Waals surface area (Å²) in [5.74, 6) is 0.751. The summed E-state index contributed by atoms with van der Waals surface area (Å²) in [6.07, 6.45) is 3.08. The second-order valence-electron chi connectivity index (χ2n) is 8.82. The fourth-order valence-corrected chi connectivity index (χ4v) is 4.66. The Morgan fingerprint density at radius 3 is 2.45 bits per heavy atom. The molecule has 33 heavy (non-hydrogen) atoms. The maximum atomic E-state index is 10.1. The van der Waals surface area contributed by atoms with Gasteiger partial charge in [0, 0.05) is 43.7 Å². The number of aliphatic hydroxyl groups excluding tert-OH is 1. The maximum absolute atomic E-state index is 10.1. The lowest BCUT2D eigenvalue weighted by Crippen LogP contribution is -2.59. The first-order chi connectivity index (χ1) is 15.7. The number of rotatable bonds is 4. The zero-order valence-electron chi connectivity index (χ0n) is 19.2. The molecule has 2 saturated heterocycles. The number of nitrogens with two attached hydrogens (primary N) is 1. The number of amidine groups is 2. The molecule has 1 aromatic carbocycles. The molecule has 1 aromatic rings. The van der Waals surface area contributed by atoms with Gasteiger partial charge < -0.3 is 25.6 Å². The van der Waals surface area contributed by atoms with Gasteiger partial charge in [0.1, 0.15) is 11.7 Å². The summed E-state index contributed by atoms with van der Waals surface area (Å²) < 4.78 is 6.01. The number of carbonyl (C=O) groups is 1. The number of morpholine rings is 1. The van der Waals surface area contributed by atoms with E-state index in [1.807, 2.05) is 19.1 Å². The van der Waals surface area contributed by atoms with Crippen LogP contribution in [-0.4, -0.2) is 88.2 Å². The molecule has 182 valence electrons. The van der Waals surface area contributed by atoms with Crippen LogP contribution in [0.25, 0.3) is 0 Å². The van der Waals surface area contributed by atoms with Crippen LogP contribution in [-0.2, 0) is 16.0 Å². The van der Waals surface area contributed by atoms with Gasteiger partial charge in [-0.25, -0.2) is 0 Å². The largest absolute Gasteiger partial charge is 0.481 e. The maximum Gasteiger partial charge on any atom is 0.300 e. The average Bonchev–Trinajstić information content (AvgIpc) is 3.21. The molecule has 0 radical (unpaired) electrons. The monoisotopic (exact) mass is 479 g/mol. The van der Waals surface area contributed by atoms with E-state index in [4.69, 9.17) is 32.0 Å². The number of hydrogen-bond donors (Lipinski definition) is 3. The van der Waals surface area contributed by atoms with E-state index in [0.717, 1.165) is 56.7 Å². The summed E-state index contributed by atoms with van der Waals surface area (Å²) in [7, 11) is 0. The molecule has 3 aliphatic heterocycles. The highest BCUT2D eigenvalue weighted by molar-refractivity contribution is 6.30. The van der Waals surface area contributed by atoms with Crippen LogP contribution in [0.15, 0.2) is 34.5 Å². The smallest absolute Gasteiger partial charge is 0.300 e. The van der Waals surface area contributed by atoms with Crippen LogP contribution >= 0.6 is 11.6 Å². The third-order valence-corrected chi connectivity index (χ3v) is 6.47. The quantitative estimate of drug-likeness (QED) is 0.603. The van der Waals surface area contributed by atoms with Crippen molar-refractivity contribution in [1.82, 2.24) is 9.80 Å². The number of carboxylic acid groups (broad SMARTS) is 1. The average molecular weight is 480 g/mol. The molecule has 4 N–H and O–H groups in total. The van der Waals surface area contributed by atoms with Gasteiger partial charge in [0.15, 0.2) is 0 Å². The molecule has 9 nitrogen and oxygen atoms in total. The van der Waals surface area contributed by atoms with Crippen molar-refractivity contribution in [2.75, 3.05) is 26.2 Å². The molecule has 0 amide bonds. The van der Waals surface area contributed by atoms with Gasteiger partial charge in [-0.3, -0.25) is 9.69 Å². The number of nitrogens with zero attached hydrogens (tertiary/aromatic N) is 4. The van der Waals surface area contributed by atoms with Gasteiger partial charge >= 0.3 is 0 Å². The first-order valence-corrected chi connectivity index (χ1v) is 11.7. The van der Waals surface area contributed by atoms with Crippen molar-refractivity contribution in [2.24, 2.45) is 15.9 Å². The van der Waals surface area contributed by atoms with Crippen LogP contribution in [0.4, 0.5) is 0 Å². The first-order valence-electron chi connectivity index (χ1n) is 11.4. The summed E-state index contributed by atoms with van der Waals surface area (Å²) in [6, 6.07) is 8.83. The van der Waals surface area contributed by atoms with Crippen LogP contribution in [0.2, 0.25) is 5.02 Å². The molecule has 3 heterocycles. The number of ether oxygens (including phenoxy) is 1. The fraction of sp³-hybridized carbons (Fsp3) is 0.609. The van der Waals surface area contributed by atoms with E-state index in [-0.39, 0.29) is 6.10 Å². The van der Waals surface area contributed by atoms with E-state index in [2.05, 4.69) is 32.1 Å². The summed E-state index contributed by atoms with van der Waals surface area (Å²) in [5, 5.41) is 26.5. The minimum atomic E-state index is -0.833. The van der Waals surface area contributed by atoms with E-state index in [1.165, 1.54) is 5.56 Å². The highest BCUT2D eigenvalue weighted by Gasteiger charge is 2.37. The molecule has 0 aliphatic carbocycles. The van der Waals surface area contributed by atoms with Crippen molar-refractivity contribution in [3.63, 3.8) is 0 Å². The van der Waals surface area contributed by atoms with Crippen LogP contribution in [0, 0.1) is 0 Å². The normalized spacial score (nSPS) is 25.0. The van der Waals surface area contributed by atoms with E-state index >= 15 is 0 Å². The standard InChI is InChI=1S/C21H30ClN5O2.C2H4O2/c1-14(28)19-12-27(18(13-29-19)10-15-2-4-16(22)5-3-15)17-6-8-26(9-7-17)21-11-20(23)24-25-21;1-2(3)4/h2-5,14,17-19,28H,6-13H2,1H3,(H2,23,24);1H3,(H,3,4)/t14?,18-,19+;/m0./s1. The molecule has 10 heteroatoms. The van der Waals surface area contributed by atoms with Gasteiger partial charge in [0.05, 0.1) is 25.2 Å². The third kappa shape index (κ3) is 7.40. The summed E-state index contributed by atoms with van der Waals surface area (Å²) in [4.78, 5) is 13.9. The Balaban J connectivity index is 0.000000709. The Morgan fingerprint density at radius 2 is 1.91 bits per heavy atom. The number of aliphatic hydroxyl groups is 1. The molecule has 0 saturated carbocycles. The summed E-state index contributed by atoms with van der Waals surface area (Å²) in [5.41, 5.74) is 7.03. The summed E-state index contributed by atoms with van der Waals surface area (Å²) >= 11 is 6.04. The molecule has 3 aliphatic rings. The second kappa shape index (κ2) is 11.8. The number of halogens is 1. The predicted molar refractivity (Wildman–Crippen MR) is 129 cm³/mol. The van der Waals surface area contributed by atoms with Crippen LogP contribution < -0.4 is 5.73 Å². The third-order valence-electron chi connectivity index (χ3n) is 6.22. The Hall–Kier alpha value is -2.20. The number of aliphatic carboxylic acids is 1. The molecule has 1 unspecified atom stereocenters. The van der Waals surface area contributed by atoms with Gasteiger partial charge in [-0.2, -0.15) is 0 Å². The topological polar surface area (TPSA) is 124 Å². The zero-order valence-corrected chi connectivity index (χ0v) is 20.0. The fourth-order valence-electron chi connectivity index (χ4n) is 4.53. The Labute approximate surface area is 199 Å². The minimum Gasteiger partial charge on any atom is -0.481 e. The Morgan fingerprint density at radius 1 is 1.27 bits per heavy atom. The molecule has 2 fully saturated rings. The van der Waals surface area contributed by atoms with Crippen LogP contribution in [0.3, 0.4) is 0 Å². The lowest BCUT2D eigenvalue weighted by Gasteiger charge is -2.47. The molecule has 0 aromatic heterocycles. The number of benzene rings is 1. The molecule has 3 atom stereocenters.